The normalized spacial score (nSPS) is 13.0. The molecular formula is C23H24N8O. The number of H-pyrrole nitrogens is 2. The Morgan fingerprint density at radius 3 is 2.72 bits per heavy atom. The molecule has 162 valence electrons. The summed E-state index contributed by atoms with van der Waals surface area (Å²) in [6.45, 7) is 6.27. The zero-order valence-electron chi connectivity index (χ0n) is 18.1. The number of imidazole rings is 1. The molecule has 0 aliphatic heterocycles. The maximum absolute atomic E-state index is 10.4. The van der Waals surface area contributed by atoms with E-state index in [0.717, 1.165) is 33.4 Å². The van der Waals surface area contributed by atoms with Crippen molar-refractivity contribution < 1.29 is 5.11 Å². The molecule has 0 spiro atoms. The van der Waals surface area contributed by atoms with Gasteiger partial charge in [0.05, 0.1) is 22.8 Å². The van der Waals surface area contributed by atoms with Crippen molar-refractivity contribution in [2.45, 2.75) is 33.4 Å². The molecule has 5 aromatic heterocycles. The Morgan fingerprint density at radius 1 is 1.06 bits per heavy atom. The molecule has 0 aliphatic carbocycles. The van der Waals surface area contributed by atoms with Gasteiger partial charge in [0, 0.05) is 29.7 Å². The Bertz CT molecular complexity index is 1370. The van der Waals surface area contributed by atoms with Crippen molar-refractivity contribution in [3.63, 3.8) is 0 Å². The number of anilines is 1. The van der Waals surface area contributed by atoms with Gasteiger partial charge in [-0.05, 0) is 36.1 Å². The van der Waals surface area contributed by atoms with E-state index in [4.69, 9.17) is 0 Å². The lowest BCUT2D eigenvalue weighted by atomic mass is 9.91. The highest BCUT2D eigenvalue weighted by molar-refractivity contribution is 5.93. The van der Waals surface area contributed by atoms with Crippen molar-refractivity contribution in [3.8, 4) is 22.6 Å². The lowest BCUT2D eigenvalue weighted by Gasteiger charge is -2.23. The molecule has 1 atom stereocenters. The van der Waals surface area contributed by atoms with Crippen molar-refractivity contribution in [2.75, 3.05) is 5.32 Å². The third-order valence-electron chi connectivity index (χ3n) is 5.11. The predicted octanol–water partition coefficient (Wildman–Crippen LogP) is 4.12. The van der Waals surface area contributed by atoms with E-state index in [-0.39, 0.29) is 5.41 Å². The predicted molar refractivity (Wildman–Crippen MR) is 124 cm³/mol. The molecule has 1 unspecified atom stereocenters. The number of nitrogens with one attached hydrogen (secondary N) is 3. The van der Waals surface area contributed by atoms with E-state index in [0.29, 0.717) is 23.5 Å². The highest BCUT2D eigenvalue weighted by Crippen LogP contribution is 2.30. The van der Waals surface area contributed by atoms with Crippen LogP contribution in [0, 0.1) is 5.41 Å². The maximum atomic E-state index is 10.4. The van der Waals surface area contributed by atoms with E-state index in [1.54, 1.807) is 24.8 Å². The van der Waals surface area contributed by atoms with Gasteiger partial charge >= 0.3 is 0 Å². The van der Waals surface area contributed by atoms with Crippen LogP contribution >= 0.6 is 0 Å². The summed E-state index contributed by atoms with van der Waals surface area (Å²) < 4.78 is 0. The van der Waals surface area contributed by atoms with Gasteiger partial charge in [-0.25, -0.2) is 15.0 Å². The van der Waals surface area contributed by atoms with Crippen LogP contribution in [-0.4, -0.2) is 46.5 Å². The fourth-order valence-corrected chi connectivity index (χ4v) is 3.70. The molecular weight excluding hydrogens is 404 g/mol. The molecule has 5 rings (SSSR count). The second kappa shape index (κ2) is 7.69. The first-order chi connectivity index (χ1) is 15.4. The first-order valence-corrected chi connectivity index (χ1v) is 10.4. The summed E-state index contributed by atoms with van der Waals surface area (Å²) in [4.78, 5) is 21.0. The maximum Gasteiger partial charge on any atom is 0.181 e. The third-order valence-corrected chi connectivity index (χ3v) is 5.11. The van der Waals surface area contributed by atoms with Crippen LogP contribution in [0.4, 0.5) is 5.69 Å². The minimum Gasteiger partial charge on any atom is -0.374 e. The smallest absolute Gasteiger partial charge is 0.181 e. The van der Waals surface area contributed by atoms with Gasteiger partial charge < -0.3 is 15.4 Å². The zero-order chi connectivity index (χ0) is 22.3. The summed E-state index contributed by atoms with van der Waals surface area (Å²) in [5.41, 5.74) is 5.36. The van der Waals surface area contributed by atoms with Gasteiger partial charge in [-0.3, -0.25) is 10.1 Å². The number of aromatic amines is 2. The molecule has 0 radical (unpaired) electrons. The number of aliphatic hydroxyl groups excluding tert-OH is 1. The Hall–Kier alpha value is -3.85. The molecule has 0 bridgehead atoms. The molecule has 0 saturated heterocycles. The molecule has 9 heteroatoms. The van der Waals surface area contributed by atoms with E-state index in [9.17, 15) is 5.11 Å². The molecule has 0 aromatic carbocycles. The summed E-state index contributed by atoms with van der Waals surface area (Å²) >= 11 is 0. The minimum atomic E-state index is -0.658. The van der Waals surface area contributed by atoms with Crippen molar-refractivity contribution in [1.29, 1.82) is 0 Å². The third kappa shape index (κ3) is 4.02. The molecule has 0 aliphatic rings. The number of pyridine rings is 3. The van der Waals surface area contributed by atoms with Crippen molar-refractivity contribution in [3.05, 3.63) is 49.1 Å². The van der Waals surface area contributed by atoms with Crippen LogP contribution in [0.3, 0.4) is 0 Å². The molecule has 0 saturated carbocycles. The lowest BCUT2D eigenvalue weighted by molar-refractivity contribution is 0.145. The fraction of sp³-hybridized carbons (Fsp3) is 0.261. The number of rotatable bonds is 5. The molecule has 5 heterocycles. The number of hydrogen-bond acceptors (Lipinski definition) is 7. The van der Waals surface area contributed by atoms with Gasteiger partial charge in [-0.2, -0.15) is 5.10 Å². The Labute approximate surface area is 184 Å². The molecule has 0 fully saturated rings. The van der Waals surface area contributed by atoms with Crippen LogP contribution in [-0.2, 0) is 0 Å². The van der Waals surface area contributed by atoms with Crippen molar-refractivity contribution in [1.82, 2.24) is 35.1 Å². The lowest BCUT2D eigenvalue weighted by Crippen LogP contribution is -2.25. The number of hydrogen-bond donors (Lipinski definition) is 4. The van der Waals surface area contributed by atoms with Gasteiger partial charge in [0.2, 0.25) is 0 Å². The number of fused-ring (bicyclic) bond motifs is 2. The van der Waals surface area contributed by atoms with Crippen LogP contribution in [0.25, 0.3) is 44.8 Å². The van der Waals surface area contributed by atoms with Crippen LogP contribution < -0.4 is 5.32 Å². The van der Waals surface area contributed by atoms with Gasteiger partial charge in [0.1, 0.15) is 11.9 Å². The molecule has 5 aromatic rings. The van der Waals surface area contributed by atoms with Crippen LogP contribution in [0.1, 0.15) is 27.2 Å². The molecule has 4 N–H and O–H groups in total. The summed E-state index contributed by atoms with van der Waals surface area (Å²) in [5.74, 6) is 0.652. The van der Waals surface area contributed by atoms with Crippen molar-refractivity contribution >= 4 is 27.9 Å². The Kier molecular flexibility index (Phi) is 4.82. The molecule has 0 amide bonds. The highest BCUT2D eigenvalue weighted by atomic mass is 16.3. The van der Waals surface area contributed by atoms with E-state index >= 15 is 0 Å². The SMILES string of the molecule is CC(C)(C)CC(O)Nc1cncc(-c2cnc3n[nH]c(-c4nc5ncccc5[nH]4)c3c2)c1. The van der Waals surface area contributed by atoms with E-state index in [1.807, 2.05) is 24.3 Å². The van der Waals surface area contributed by atoms with Crippen LogP contribution in [0.2, 0.25) is 0 Å². The average molecular weight is 429 g/mol. The first-order valence-electron chi connectivity index (χ1n) is 10.4. The zero-order valence-corrected chi connectivity index (χ0v) is 18.1. The standard InChI is InChI=1S/C23H24N8O/c1-23(2,3)9-18(32)27-15-7-13(10-24-12-15)14-8-16-19(30-31-20(16)26-11-14)22-28-17-5-4-6-25-21(17)29-22/h4-8,10-12,18,27,32H,9H2,1-3H3,(H,25,28,29)(H,26,30,31). The Morgan fingerprint density at radius 2 is 1.91 bits per heavy atom. The monoisotopic (exact) mass is 428 g/mol. The summed E-state index contributed by atoms with van der Waals surface area (Å²) in [7, 11) is 0. The topological polar surface area (TPSA) is 128 Å². The fourth-order valence-electron chi connectivity index (χ4n) is 3.70. The Balaban J connectivity index is 1.48. The number of aliphatic hydroxyl groups is 1. The van der Waals surface area contributed by atoms with Gasteiger partial charge in [0.15, 0.2) is 17.1 Å². The van der Waals surface area contributed by atoms with E-state index in [2.05, 4.69) is 61.2 Å². The molecule has 32 heavy (non-hydrogen) atoms. The second-order valence-electron chi connectivity index (χ2n) is 9.04. The van der Waals surface area contributed by atoms with Gasteiger partial charge in [-0.15, -0.1) is 0 Å². The largest absolute Gasteiger partial charge is 0.374 e. The number of nitrogens with zero attached hydrogens (tertiary/aromatic N) is 5. The van der Waals surface area contributed by atoms with Crippen LogP contribution in [0.15, 0.2) is 49.1 Å². The summed E-state index contributed by atoms with van der Waals surface area (Å²) in [6.07, 6.45) is 6.91. The minimum absolute atomic E-state index is 0.0102. The average Bonchev–Trinajstić information content (AvgIpc) is 3.35. The quantitative estimate of drug-likeness (QED) is 0.310. The summed E-state index contributed by atoms with van der Waals surface area (Å²) in [5, 5.41) is 21.7. The first kappa shape index (κ1) is 20.1. The highest BCUT2D eigenvalue weighted by Gasteiger charge is 2.17. The summed E-state index contributed by atoms with van der Waals surface area (Å²) in [6, 6.07) is 7.75. The van der Waals surface area contributed by atoms with E-state index < -0.39 is 6.23 Å². The van der Waals surface area contributed by atoms with Gasteiger partial charge in [0.25, 0.3) is 0 Å². The molecule has 9 nitrogen and oxygen atoms in total. The number of aromatic nitrogens is 7. The van der Waals surface area contributed by atoms with Gasteiger partial charge in [-0.1, -0.05) is 20.8 Å². The van der Waals surface area contributed by atoms with Crippen LogP contribution in [0.5, 0.6) is 0 Å². The second-order valence-corrected chi connectivity index (χ2v) is 9.04. The van der Waals surface area contributed by atoms with Crippen molar-refractivity contribution in [2.24, 2.45) is 5.41 Å². The van der Waals surface area contributed by atoms with E-state index in [1.165, 1.54) is 0 Å².